The first-order valence-corrected chi connectivity index (χ1v) is 10.3. The van der Waals surface area contributed by atoms with E-state index in [1.165, 1.54) is 6.92 Å². The Morgan fingerprint density at radius 3 is 1.90 bits per heavy atom. The number of hydrogen-bond acceptors (Lipinski definition) is 8. The fourth-order valence-corrected chi connectivity index (χ4v) is 2.96. The zero-order valence-corrected chi connectivity index (χ0v) is 17.7. The first kappa shape index (κ1) is 24.9. The van der Waals surface area contributed by atoms with Gasteiger partial charge in [0.1, 0.15) is 12.7 Å². The van der Waals surface area contributed by atoms with Crippen LogP contribution in [0.25, 0.3) is 0 Å². The van der Waals surface area contributed by atoms with E-state index in [1.54, 1.807) is 0 Å². The molecule has 1 rings (SSSR count). The van der Waals surface area contributed by atoms with Crippen LogP contribution < -0.4 is 5.32 Å². The fourth-order valence-electron chi connectivity index (χ4n) is 2.96. The van der Waals surface area contributed by atoms with Crippen LogP contribution in [0.15, 0.2) is 0 Å². The van der Waals surface area contributed by atoms with Crippen LogP contribution in [0.5, 0.6) is 0 Å². The van der Waals surface area contributed by atoms with E-state index >= 15 is 0 Å². The van der Waals surface area contributed by atoms with Gasteiger partial charge >= 0.3 is 17.9 Å². The van der Waals surface area contributed by atoms with Gasteiger partial charge < -0.3 is 24.3 Å². The van der Waals surface area contributed by atoms with Crippen molar-refractivity contribution in [1.29, 1.82) is 0 Å². The second-order valence-electron chi connectivity index (χ2n) is 7.02. The maximum Gasteiger partial charge on any atom is 0.306 e. The Hall–Kier alpha value is -2.16. The van der Waals surface area contributed by atoms with Gasteiger partial charge in [0.2, 0.25) is 5.91 Å². The zero-order chi connectivity index (χ0) is 21.8. The Bertz CT molecular complexity index is 565. The molecule has 0 radical (unpaired) electrons. The van der Waals surface area contributed by atoms with Crippen LogP contribution in [0.2, 0.25) is 0 Å². The number of hydrogen-bond donors (Lipinski definition) is 1. The molecule has 1 aliphatic rings. The average molecular weight is 415 g/mol. The van der Waals surface area contributed by atoms with Gasteiger partial charge in [0.05, 0.1) is 12.6 Å². The first-order chi connectivity index (χ1) is 13.8. The molecule has 1 aliphatic heterocycles. The number of ether oxygens (including phenoxy) is 4. The lowest BCUT2D eigenvalue weighted by Crippen LogP contribution is -2.62. The van der Waals surface area contributed by atoms with E-state index in [2.05, 4.69) is 5.32 Å². The quantitative estimate of drug-likeness (QED) is 0.400. The van der Waals surface area contributed by atoms with Crippen LogP contribution in [-0.4, -0.2) is 61.4 Å². The molecule has 1 heterocycles. The Morgan fingerprint density at radius 1 is 0.862 bits per heavy atom. The molecular weight excluding hydrogens is 382 g/mol. The topological polar surface area (TPSA) is 117 Å². The molecule has 1 saturated heterocycles. The van der Waals surface area contributed by atoms with Gasteiger partial charge in [0.25, 0.3) is 0 Å². The maximum absolute atomic E-state index is 12.2. The van der Waals surface area contributed by atoms with E-state index < -0.39 is 42.3 Å². The van der Waals surface area contributed by atoms with Gasteiger partial charge in [-0.3, -0.25) is 19.2 Å². The van der Waals surface area contributed by atoms with Crippen LogP contribution >= 0.6 is 0 Å². The van der Waals surface area contributed by atoms with Gasteiger partial charge in [-0.1, -0.05) is 20.8 Å². The predicted octanol–water partition coefficient (Wildman–Crippen LogP) is 1.66. The van der Waals surface area contributed by atoms with E-state index in [0.717, 1.165) is 0 Å². The SMILES string of the molecule is CCCC(=O)OCC1OCC(NC(C)=O)C(OC(=O)CCC)[C@@H]1OC(=O)CCC. The van der Waals surface area contributed by atoms with Crippen LogP contribution in [0.4, 0.5) is 0 Å². The molecule has 4 atom stereocenters. The molecule has 1 N–H and O–H groups in total. The lowest BCUT2D eigenvalue weighted by atomic mass is 9.97. The van der Waals surface area contributed by atoms with Crippen molar-refractivity contribution < 1.29 is 38.1 Å². The largest absolute Gasteiger partial charge is 0.463 e. The molecule has 0 aromatic heterocycles. The molecule has 0 saturated carbocycles. The summed E-state index contributed by atoms with van der Waals surface area (Å²) in [7, 11) is 0. The fraction of sp³-hybridized carbons (Fsp3) is 0.800. The summed E-state index contributed by atoms with van der Waals surface area (Å²) in [4.78, 5) is 47.7. The average Bonchev–Trinajstić information content (AvgIpc) is 2.63. The van der Waals surface area contributed by atoms with Crippen LogP contribution in [0.1, 0.15) is 66.2 Å². The lowest BCUT2D eigenvalue weighted by Gasteiger charge is -2.41. The molecule has 0 aliphatic carbocycles. The normalized spacial score (nSPS) is 23.7. The van der Waals surface area contributed by atoms with Crippen molar-refractivity contribution in [3.63, 3.8) is 0 Å². The smallest absolute Gasteiger partial charge is 0.306 e. The van der Waals surface area contributed by atoms with E-state index in [4.69, 9.17) is 18.9 Å². The highest BCUT2D eigenvalue weighted by Gasteiger charge is 2.46. The third-order valence-electron chi connectivity index (χ3n) is 4.27. The molecular formula is C20H33NO8. The summed E-state index contributed by atoms with van der Waals surface area (Å²) in [6.45, 7) is 6.75. The van der Waals surface area contributed by atoms with Gasteiger partial charge in [-0.05, 0) is 19.3 Å². The number of carbonyl (C=O) groups excluding carboxylic acids is 4. The molecule has 166 valence electrons. The molecule has 0 bridgehead atoms. The number of esters is 3. The number of amides is 1. The predicted molar refractivity (Wildman–Crippen MR) is 103 cm³/mol. The summed E-state index contributed by atoms with van der Waals surface area (Å²) in [6.07, 6.45) is -0.311. The Labute approximate surface area is 171 Å². The summed E-state index contributed by atoms with van der Waals surface area (Å²) < 4.78 is 22.1. The van der Waals surface area contributed by atoms with Gasteiger partial charge in [-0.25, -0.2) is 0 Å². The minimum Gasteiger partial charge on any atom is -0.463 e. The van der Waals surface area contributed by atoms with Crippen molar-refractivity contribution in [2.75, 3.05) is 13.2 Å². The molecule has 9 heteroatoms. The second kappa shape index (κ2) is 13.1. The van der Waals surface area contributed by atoms with Gasteiger partial charge in [0.15, 0.2) is 12.2 Å². The minimum absolute atomic E-state index is 0.0292. The molecule has 1 amide bonds. The summed E-state index contributed by atoms with van der Waals surface area (Å²) in [5, 5.41) is 2.68. The number of rotatable bonds is 11. The summed E-state index contributed by atoms with van der Waals surface area (Å²) in [5.41, 5.74) is 0. The molecule has 1 fully saturated rings. The summed E-state index contributed by atoms with van der Waals surface area (Å²) in [5.74, 6) is -1.67. The van der Waals surface area contributed by atoms with Crippen LogP contribution in [-0.2, 0) is 38.1 Å². The van der Waals surface area contributed by atoms with E-state index in [9.17, 15) is 19.2 Å². The van der Waals surface area contributed by atoms with Crippen molar-refractivity contribution >= 4 is 23.8 Å². The van der Waals surface area contributed by atoms with Crippen molar-refractivity contribution in [1.82, 2.24) is 5.32 Å². The first-order valence-electron chi connectivity index (χ1n) is 10.3. The maximum atomic E-state index is 12.2. The summed E-state index contributed by atoms with van der Waals surface area (Å²) in [6, 6.07) is -0.685. The van der Waals surface area contributed by atoms with E-state index in [0.29, 0.717) is 19.3 Å². The zero-order valence-electron chi connectivity index (χ0n) is 17.7. The van der Waals surface area contributed by atoms with Crippen LogP contribution in [0, 0.1) is 0 Å². The molecule has 9 nitrogen and oxygen atoms in total. The van der Waals surface area contributed by atoms with Crippen molar-refractivity contribution in [2.24, 2.45) is 0 Å². The third kappa shape index (κ3) is 8.81. The lowest BCUT2D eigenvalue weighted by molar-refractivity contribution is -0.209. The van der Waals surface area contributed by atoms with Crippen molar-refractivity contribution in [3.8, 4) is 0 Å². The van der Waals surface area contributed by atoms with Crippen molar-refractivity contribution in [2.45, 2.75) is 90.6 Å². The Morgan fingerprint density at radius 2 is 1.38 bits per heavy atom. The number of carbonyl (C=O) groups is 4. The number of nitrogens with one attached hydrogen (secondary N) is 1. The molecule has 0 aromatic rings. The van der Waals surface area contributed by atoms with Crippen molar-refractivity contribution in [3.05, 3.63) is 0 Å². The van der Waals surface area contributed by atoms with Gasteiger partial charge in [-0.15, -0.1) is 0 Å². The highest BCUT2D eigenvalue weighted by molar-refractivity contribution is 5.74. The molecule has 0 spiro atoms. The van der Waals surface area contributed by atoms with E-state index in [-0.39, 0.29) is 38.4 Å². The van der Waals surface area contributed by atoms with Crippen LogP contribution in [0.3, 0.4) is 0 Å². The standard InChI is InChI=1S/C20H33NO8/c1-5-8-16(23)27-12-15-20(29-18(25)10-7-3)19(28-17(24)9-6-2)14(11-26-15)21-13(4)22/h14-15,19-20H,5-12H2,1-4H3,(H,21,22)/t14?,15?,19?,20-/m1/s1. The monoisotopic (exact) mass is 415 g/mol. The molecule has 29 heavy (non-hydrogen) atoms. The highest BCUT2D eigenvalue weighted by atomic mass is 16.6. The van der Waals surface area contributed by atoms with Gasteiger partial charge in [0, 0.05) is 26.2 Å². The van der Waals surface area contributed by atoms with E-state index in [1.807, 2.05) is 20.8 Å². The third-order valence-corrected chi connectivity index (χ3v) is 4.27. The van der Waals surface area contributed by atoms with Gasteiger partial charge in [-0.2, -0.15) is 0 Å². The highest BCUT2D eigenvalue weighted by Crippen LogP contribution is 2.24. The second-order valence-corrected chi connectivity index (χ2v) is 7.02. The Kier molecular flexibility index (Phi) is 11.3. The molecule has 0 aromatic carbocycles. The Balaban J connectivity index is 3.04. The summed E-state index contributed by atoms with van der Waals surface area (Å²) >= 11 is 0. The minimum atomic E-state index is -1.00. The molecule has 3 unspecified atom stereocenters.